The first-order chi connectivity index (χ1) is 6.16. The summed E-state index contributed by atoms with van der Waals surface area (Å²) in [5.41, 5.74) is 0. The summed E-state index contributed by atoms with van der Waals surface area (Å²) in [6, 6.07) is 0. The molecular weight excluding hydrogens is 198 g/mol. The maximum absolute atomic E-state index is 10.3. The van der Waals surface area contributed by atoms with Crippen LogP contribution < -0.4 is 0 Å². The van der Waals surface area contributed by atoms with Gasteiger partial charge in [-0.3, -0.25) is 4.57 Å². The predicted molar refractivity (Wildman–Crippen MR) is 45.5 cm³/mol. The van der Waals surface area contributed by atoms with Crippen molar-refractivity contribution in [3.8, 4) is 0 Å². The third-order valence-electron chi connectivity index (χ3n) is 1.36. The highest BCUT2D eigenvalue weighted by atomic mass is 35.5. The molecule has 1 aromatic heterocycles. The number of nitrogens with zero attached hydrogens (tertiary/aromatic N) is 3. The van der Waals surface area contributed by atoms with Gasteiger partial charge in [0.15, 0.2) is 0 Å². The van der Waals surface area contributed by atoms with Crippen LogP contribution in [0.5, 0.6) is 0 Å². The number of hydrogen-bond acceptors (Lipinski definition) is 4. The first-order valence-corrected chi connectivity index (χ1v) is 3.97. The van der Waals surface area contributed by atoms with E-state index in [-0.39, 0.29) is 17.7 Å². The van der Waals surface area contributed by atoms with Crippen molar-refractivity contribution in [2.24, 2.45) is 0 Å². The van der Waals surface area contributed by atoms with E-state index in [1.807, 2.05) is 6.92 Å². The van der Waals surface area contributed by atoms with E-state index in [9.17, 15) is 10.1 Å². The highest BCUT2D eigenvalue weighted by Crippen LogP contribution is 2.21. The van der Waals surface area contributed by atoms with E-state index in [0.29, 0.717) is 6.61 Å². The van der Waals surface area contributed by atoms with Crippen LogP contribution in [0.25, 0.3) is 0 Å². The van der Waals surface area contributed by atoms with Crippen LogP contribution >= 0.6 is 11.6 Å². The molecule has 0 spiro atoms. The lowest BCUT2D eigenvalue weighted by molar-refractivity contribution is -0.389. The van der Waals surface area contributed by atoms with E-state index in [1.165, 1.54) is 10.9 Å². The van der Waals surface area contributed by atoms with Gasteiger partial charge in [0.05, 0.1) is 0 Å². The van der Waals surface area contributed by atoms with Gasteiger partial charge in [-0.25, -0.2) is 0 Å². The minimum atomic E-state index is -0.634. The van der Waals surface area contributed by atoms with E-state index in [1.54, 1.807) is 0 Å². The Kier molecular flexibility index (Phi) is 3.21. The van der Waals surface area contributed by atoms with Crippen molar-refractivity contribution in [2.75, 3.05) is 6.61 Å². The topological polar surface area (TPSA) is 70.2 Å². The van der Waals surface area contributed by atoms with Crippen molar-refractivity contribution in [1.82, 2.24) is 9.55 Å². The number of nitro groups is 1. The van der Waals surface area contributed by atoms with Crippen LogP contribution in [0.15, 0.2) is 6.33 Å². The van der Waals surface area contributed by atoms with Crippen LogP contribution in [-0.2, 0) is 11.5 Å². The standard InChI is InChI=1S/C6H8ClN3O3/c1-2-13-4-9-3-8-6(5(9)7)10(11)12/h3H,2,4H2,1H3. The highest BCUT2D eigenvalue weighted by molar-refractivity contribution is 6.31. The van der Waals surface area contributed by atoms with Gasteiger partial charge in [0.2, 0.25) is 11.5 Å². The van der Waals surface area contributed by atoms with Crippen molar-refractivity contribution >= 4 is 17.4 Å². The van der Waals surface area contributed by atoms with E-state index < -0.39 is 4.92 Å². The number of halogens is 1. The second kappa shape index (κ2) is 4.20. The maximum atomic E-state index is 10.3. The van der Waals surface area contributed by atoms with E-state index in [2.05, 4.69) is 4.98 Å². The molecule has 0 N–H and O–H groups in total. The molecule has 13 heavy (non-hydrogen) atoms. The number of imidazole rings is 1. The monoisotopic (exact) mass is 205 g/mol. The Hall–Kier alpha value is -1.14. The van der Waals surface area contributed by atoms with Gasteiger partial charge in [0.25, 0.3) is 0 Å². The molecule has 0 unspecified atom stereocenters. The molecule has 1 rings (SSSR count). The maximum Gasteiger partial charge on any atom is 0.401 e. The SMILES string of the molecule is CCOCn1cnc([N+](=O)[O-])c1Cl. The molecule has 72 valence electrons. The zero-order valence-electron chi connectivity index (χ0n) is 6.94. The largest absolute Gasteiger partial charge is 0.401 e. The smallest absolute Gasteiger partial charge is 0.361 e. The Balaban J connectivity index is 2.80. The number of aromatic nitrogens is 2. The molecule has 0 saturated carbocycles. The first-order valence-electron chi connectivity index (χ1n) is 3.59. The minimum absolute atomic E-state index is 0.0153. The summed E-state index contributed by atoms with van der Waals surface area (Å²) in [5, 5.41) is 10.3. The lowest BCUT2D eigenvalue weighted by Gasteiger charge is -2.00. The molecule has 0 radical (unpaired) electrons. The van der Waals surface area contributed by atoms with Crippen LogP contribution in [-0.4, -0.2) is 21.1 Å². The summed E-state index contributed by atoms with van der Waals surface area (Å²) in [5.74, 6) is -0.346. The Morgan fingerprint density at radius 3 is 3.00 bits per heavy atom. The van der Waals surface area contributed by atoms with Gasteiger partial charge in [-0.1, -0.05) is 11.6 Å². The van der Waals surface area contributed by atoms with E-state index in [4.69, 9.17) is 16.3 Å². The molecule has 0 aromatic carbocycles. The summed E-state index contributed by atoms with van der Waals surface area (Å²) in [4.78, 5) is 13.2. The third-order valence-corrected chi connectivity index (χ3v) is 1.75. The lowest BCUT2D eigenvalue weighted by Crippen LogP contribution is -2.01. The molecule has 1 aromatic rings. The fourth-order valence-electron chi connectivity index (χ4n) is 0.759. The Labute approximate surface area is 79.2 Å². The molecule has 0 aliphatic heterocycles. The predicted octanol–water partition coefficient (Wildman–Crippen LogP) is 1.44. The van der Waals surface area contributed by atoms with Crippen LogP contribution in [0.1, 0.15) is 6.92 Å². The molecule has 0 aliphatic rings. The van der Waals surface area contributed by atoms with Crippen molar-refractivity contribution in [3.05, 3.63) is 21.6 Å². The molecule has 0 bridgehead atoms. The molecule has 0 aliphatic carbocycles. The molecule has 6 nitrogen and oxygen atoms in total. The van der Waals surface area contributed by atoms with Gasteiger partial charge in [0, 0.05) is 6.61 Å². The Morgan fingerprint density at radius 1 is 1.85 bits per heavy atom. The summed E-state index contributed by atoms with van der Waals surface area (Å²) >= 11 is 5.63. The quantitative estimate of drug-likeness (QED) is 0.551. The second-order valence-electron chi connectivity index (χ2n) is 2.21. The van der Waals surface area contributed by atoms with Crippen molar-refractivity contribution in [3.63, 3.8) is 0 Å². The van der Waals surface area contributed by atoms with Gasteiger partial charge < -0.3 is 14.9 Å². The fourth-order valence-corrected chi connectivity index (χ4v) is 0.969. The highest BCUT2D eigenvalue weighted by Gasteiger charge is 2.19. The van der Waals surface area contributed by atoms with Gasteiger partial charge in [-0.15, -0.1) is 0 Å². The molecule has 7 heteroatoms. The summed E-state index contributed by atoms with van der Waals surface area (Å²) in [6.45, 7) is 2.51. The molecule has 0 saturated heterocycles. The van der Waals surface area contributed by atoms with Gasteiger partial charge in [-0.2, -0.15) is 0 Å². The lowest BCUT2D eigenvalue weighted by atomic mass is 10.7. The van der Waals surface area contributed by atoms with Crippen LogP contribution in [0, 0.1) is 10.1 Å². The van der Waals surface area contributed by atoms with Crippen molar-refractivity contribution < 1.29 is 9.66 Å². The van der Waals surface area contributed by atoms with E-state index in [0.717, 1.165) is 0 Å². The summed E-state index contributed by atoms with van der Waals surface area (Å²) in [6.07, 6.45) is 1.27. The van der Waals surface area contributed by atoms with Crippen LogP contribution in [0.4, 0.5) is 5.82 Å². The second-order valence-corrected chi connectivity index (χ2v) is 2.57. The zero-order valence-corrected chi connectivity index (χ0v) is 7.69. The summed E-state index contributed by atoms with van der Waals surface area (Å²) in [7, 11) is 0. The Morgan fingerprint density at radius 2 is 2.54 bits per heavy atom. The minimum Gasteiger partial charge on any atom is -0.361 e. The average molecular weight is 206 g/mol. The van der Waals surface area contributed by atoms with Crippen LogP contribution in [0.3, 0.4) is 0 Å². The molecule has 1 heterocycles. The fraction of sp³-hybridized carbons (Fsp3) is 0.500. The molecule has 0 atom stereocenters. The van der Waals surface area contributed by atoms with E-state index >= 15 is 0 Å². The number of hydrogen-bond donors (Lipinski definition) is 0. The van der Waals surface area contributed by atoms with Gasteiger partial charge in [0.1, 0.15) is 6.73 Å². The normalized spacial score (nSPS) is 10.3. The number of rotatable bonds is 4. The van der Waals surface area contributed by atoms with Crippen molar-refractivity contribution in [2.45, 2.75) is 13.7 Å². The Bertz CT molecular complexity index is 312. The summed E-state index contributed by atoms with van der Waals surface area (Å²) < 4.78 is 6.37. The average Bonchev–Trinajstić information content (AvgIpc) is 2.43. The van der Waals surface area contributed by atoms with Gasteiger partial charge >= 0.3 is 5.82 Å². The molecule has 0 fully saturated rings. The zero-order chi connectivity index (χ0) is 9.84. The number of ether oxygens (including phenoxy) is 1. The van der Waals surface area contributed by atoms with Crippen molar-refractivity contribution in [1.29, 1.82) is 0 Å². The third kappa shape index (κ3) is 2.16. The molecular formula is C6H8ClN3O3. The van der Waals surface area contributed by atoms with Gasteiger partial charge in [-0.05, 0) is 16.8 Å². The van der Waals surface area contributed by atoms with Crippen LogP contribution in [0.2, 0.25) is 5.15 Å². The molecule has 0 amide bonds. The first kappa shape index (κ1) is 9.94.